The van der Waals surface area contributed by atoms with Gasteiger partial charge in [-0.2, -0.15) is 0 Å². The molecule has 0 amide bonds. The van der Waals surface area contributed by atoms with Gasteiger partial charge in [-0.25, -0.2) is 4.98 Å². The van der Waals surface area contributed by atoms with Crippen LogP contribution in [0.3, 0.4) is 0 Å². The lowest BCUT2D eigenvalue weighted by Crippen LogP contribution is -2.42. The maximum absolute atomic E-state index is 13.9. The van der Waals surface area contributed by atoms with Gasteiger partial charge >= 0.3 is 5.97 Å². The van der Waals surface area contributed by atoms with E-state index in [-0.39, 0.29) is 36.1 Å². The van der Waals surface area contributed by atoms with E-state index in [0.717, 1.165) is 59.2 Å². The third kappa shape index (κ3) is 8.26. The minimum atomic E-state index is -1.26. The number of para-hydroxylation sites is 1. The molecule has 0 spiro atoms. The van der Waals surface area contributed by atoms with Crippen molar-refractivity contribution in [3.05, 3.63) is 87.7 Å². The van der Waals surface area contributed by atoms with Crippen LogP contribution in [0.2, 0.25) is 0 Å². The largest absolute Gasteiger partial charge is 0.489 e. The molecule has 3 aromatic heterocycles. The summed E-state index contributed by atoms with van der Waals surface area (Å²) in [4.78, 5) is 32.2. The first-order valence-corrected chi connectivity index (χ1v) is 19.3. The van der Waals surface area contributed by atoms with Gasteiger partial charge < -0.3 is 23.5 Å². The van der Waals surface area contributed by atoms with Gasteiger partial charge in [0.25, 0.3) is 5.56 Å². The second kappa shape index (κ2) is 16.3. The van der Waals surface area contributed by atoms with Crippen LogP contribution in [0.5, 0.6) is 0 Å². The number of nitrogens with zero attached hydrogens (tertiary/aromatic N) is 5. The second-order valence-corrected chi connectivity index (χ2v) is 15.5. The van der Waals surface area contributed by atoms with Gasteiger partial charge in [-0.3, -0.25) is 14.3 Å². The highest BCUT2D eigenvalue weighted by Crippen LogP contribution is 2.45. The van der Waals surface area contributed by atoms with Crippen LogP contribution in [-0.2, 0) is 55.6 Å². The summed E-state index contributed by atoms with van der Waals surface area (Å²) < 4.78 is 28.0. The van der Waals surface area contributed by atoms with E-state index in [2.05, 4.69) is 57.6 Å². The van der Waals surface area contributed by atoms with Crippen LogP contribution in [0.1, 0.15) is 109 Å². The molecule has 2 aliphatic heterocycles. The summed E-state index contributed by atoms with van der Waals surface area (Å²) >= 11 is 0. The molecule has 2 aliphatic rings. The van der Waals surface area contributed by atoms with Crippen molar-refractivity contribution in [3.8, 4) is 11.4 Å². The van der Waals surface area contributed by atoms with E-state index < -0.39 is 5.60 Å². The van der Waals surface area contributed by atoms with Crippen molar-refractivity contribution in [2.75, 3.05) is 13.2 Å². The lowest BCUT2D eigenvalue weighted by atomic mass is 9.79. The summed E-state index contributed by atoms with van der Waals surface area (Å²) in [6, 6.07) is 12.0. The van der Waals surface area contributed by atoms with E-state index in [1.165, 1.54) is 0 Å². The molecule has 0 fully saturated rings. The number of ether oxygens (including phenoxy) is 4. The number of rotatable bonds is 18. The predicted molar refractivity (Wildman–Crippen MR) is 204 cm³/mol. The molecule has 0 aliphatic carbocycles. The van der Waals surface area contributed by atoms with Crippen molar-refractivity contribution >= 4 is 16.9 Å². The minimum absolute atomic E-state index is 0.0233. The Labute approximate surface area is 312 Å². The molecular formula is C42H55N5O6. The van der Waals surface area contributed by atoms with Gasteiger partial charge in [0.2, 0.25) is 0 Å². The molecule has 11 heteroatoms. The van der Waals surface area contributed by atoms with E-state index in [1.54, 1.807) is 4.57 Å². The van der Waals surface area contributed by atoms with Crippen LogP contribution in [0.15, 0.2) is 59.7 Å². The number of hydrogen-bond donors (Lipinski definition) is 0. The third-order valence-electron chi connectivity index (χ3n) is 10.7. The molecule has 0 saturated heterocycles. The zero-order valence-corrected chi connectivity index (χ0v) is 32.3. The zero-order valence-electron chi connectivity index (χ0n) is 32.3. The van der Waals surface area contributed by atoms with Crippen LogP contribution >= 0.6 is 0 Å². The molecular weight excluding hydrogens is 670 g/mol. The fourth-order valence-electron chi connectivity index (χ4n) is 7.78. The number of carbonyl (C=O) groups is 1. The summed E-state index contributed by atoms with van der Waals surface area (Å²) in [5.74, 6) is 0.534. The number of carbonyl (C=O) groups excluding carboxylic acids is 1. The predicted octanol–water partition coefficient (Wildman–Crippen LogP) is 7.85. The van der Waals surface area contributed by atoms with Crippen LogP contribution in [0.25, 0.3) is 22.3 Å². The Bertz CT molecular complexity index is 2000. The monoisotopic (exact) mass is 725 g/mol. The molecule has 4 aromatic rings. The topological polar surface area (TPSA) is 120 Å². The standard InChI is InChI=1S/C42H55N5O6/c1-8-41(21-28(3)4,27-52-29(5)6)26-50-24-33-23-46(45-44-33)18-14-10-11-17-38(48)53-42(9-2)30(7)51-25-34-35(42)20-37-39-32(22-47(37)40(34)49)19-31-15-12-13-16-36(31)43-39/h12-13,15-16,19-20,23,28-29H,7-11,14,17-18,21-22,24-27H2,1-6H3/t41?,42-/m1/s1. The fraction of sp³-hybridized carbons (Fsp3) is 0.548. The van der Waals surface area contributed by atoms with Crippen LogP contribution < -0.4 is 5.56 Å². The first-order valence-electron chi connectivity index (χ1n) is 19.3. The number of fused-ring (bicyclic) bond motifs is 5. The number of aryl methyl sites for hydroxylation is 1. The van der Waals surface area contributed by atoms with Gasteiger partial charge in [0.15, 0.2) is 5.60 Å². The number of unbranched alkanes of at least 4 members (excludes halogenated alkanes) is 2. The molecule has 0 bridgehead atoms. The van der Waals surface area contributed by atoms with E-state index >= 15 is 0 Å². The third-order valence-corrected chi connectivity index (χ3v) is 10.7. The number of esters is 1. The maximum Gasteiger partial charge on any atom is 0.307 e. The Morgan fingerprint density at radius 2 is 1.91 bits per heavy atom. The highest BCUT2D eigenvalue weighted by Gasteiger charge is 2.46. The summed E-state index contributed by atoms with van der Waals surface area (Å²) in [6.07, 6.45) is 7.04. The van der Waals surface area contributed by atoms with Crippen molar-refractivity contribution in [2.24, 2.45) is 11.3 Å². The van der Waals surface area contributed by atoms with Gasteiger partial charge in [-0.15, -0.1) is 5.10 Å². The Morgan fingerprint density at radius 3 is 2.66 bits per heavy atom. The molecule has 6 rings (SSSR count). The molecule has 1 unspecified atom stereocenters. The molecule has 284 valence electrons. The zero-order chi connectivity index (χ0) is 37.8. The SMILES string of the molecule is C=C1OCc2c(cc3n(c2=O)Cc2cc4ccccc4nc2-3)[C@]1(CC)OC(=O)CCCCCn1cc(COCC(CC)(COC(C)C)CC(C)C)nn1. The van der Waals surface area contributed by atoms with Crippen molar-refractivity contribution < 1.29 is 23.7 Å². The highest BCUT2D eigenvalue weighted by atomic mass is 16.6. The van der Waals surface area contributed by atoms with Gasteiger partial charge in [-0.1, -0.05) is 64.1 Å². The summed E-state index contributed by atoms with van der Waals surface area (Å²) in [7, 11) is 0. The van der Waals surface area contributed by atoms with Crippen LogP contribution in [0.4, 0.5) is 0 Å². The lowest BCUT2D eigenvalue weighted by molar-refractivity contribution is -0.164. The van der Waals surface area contributed by atoms with Crippen LogP contribution in [-0.4, -0.2) is 49.8 Å². The summed E-state index contributed by atoms with van der Waals surface area (Å²) in [5.41, 5.74) is 3.84. The van der Waals surface area contributed by atoms with E-state index in [1.807, 2.05) is 48.1 Å². The molecule has 5 heterocycles. The first kappa shape index (κ1) is 38.4. The van der Waals surface area contributed by atoms with Crippen molar-refractivity contribution in [1.82, 2.24) is 24.5 Å². The van der Waals surface area contributed by atoms with E-state index in [4.69, 9.17) is 23.9 Å². The van der Waals surface area contributed by atoms with E-state index in [9.17, 15) is 9.59 Å². The lowest BCUT2D eigenvalue weighted by Gasteiger charge is -2.39. The van der Waals surface area contributed by atoms with Crippen molar-refractivity contribution in [2.45, 2.75) is 124 Å². The summed E-state index contributed by atoms with van der Waals surface area (Å²) in [6.45, 7) is 19.8. The van der Waals surface area contributed by atoms with Gasteiger partial charge in [-0.05, 0) is 70.1 Å². The normalized spacial score (nSPS) is 17.5. The molecule has 53 heavy (non-hydrogen) atoms. The number of hydrogen-bond acceptors (Lipinski definition) is 9. The fourth-order valence-corrected chi connectivity index (χ4v) is 7.78. The average Bonchev–Trinajstić information content (AvgIpc) is 3.74. The Hall–Kier alpha value is -4.35. The quantitative estimate of drug-likeness (QED) is 0.0657. The Kier molecular flexibility index (Phi) is 11.8. The smallest absolute Gasteiger partial charge is 0.307 e. The van der Waals surface area contributed by atoms with Crippen molar-refractivity contribution in [1.29, 1.82) is 0 Å². The van der Waals surface area contributed by atoms with Gasteiger partial charge in [0.05, 0.1) is 61.1 Å². The first-order chi connectivity index (χ1) is 25.5. The molecule has 0 N–H and O–H groups in total. The number of aromatic nitrogens is 5. The van der Waals surface area contributed by atoms with Gasteiger partial charge in [0.1, 0.15) is 18.1 Å². The second-order valence-electron chi connectivity index (χ2n) is 15.5. The maximum atomic E-state index is 13.9. The Balaban J connectivity index is 1.03. The highest BCUT2D eigenvalue weighted by molar-refractivity contribution is 5.84. The molecule has 0 saturated carbocycles. The molecule has 0 radical (unpaired) electrons. The average molecular weight is 726 g/mol. The molecule has 1 aromatic carbocycles. The van der Waals surface area contributed by atoms with Crippen molar-refractivity contribution in [3.63, 3.8) is 0 Å². The number of benzene rings is 1. The van der Waals surface area contributed by atoms with Crippen LogP contribution in [0, 0.1) is 11.3 Å². The minimum Gasteiger partial charge on any atom is -0.489 e. The molecule has 11 nitrogen and oxygen atoms in total. The number of pyridine rings is 2. The molecule has 2 atom stereocenters. The summed E-state index contributed by atoms with van der Waals surface area (Å²) in [5, 5.41) is 9.64. The Morgan fingerprint density at radius 1 is 1.09 bits per heavy atom. The van der Waals surface area contributed by atoms with Gasteiger partial charge in [0, 0.05) is 34.9 Å². The van der Waals surface area contributed by atoms with E-state index in [0.29, 0.717) is 68.6 Å².